The highest BCUT2D eigenvalue weighted by molar-refractivity contribution is 6.31. The molecule has 0 heterocycles. The van der Waals surface area contributed by atoms with Crippen LogP contribution in [0, 0.1) is 5.92 Å². The molecular weight excluding hydrogens is 280 g/mol. The van der Waals surface area contributed by atoms with E-state index in [0.29, 0.717) is 0 Å². The van der Waals surface area contributed by atoms with Gasteiger partial charge in [0, 0.05) is 17.6 Å². The van der Waals surface area contributed by atoms with Gasteiger partial charge in [-0.15, -0.1) is 0 Å². The van der Waals surface area contributed by atoms with E-state index in [1.807, 2.05) is 12.1 Å². The first-order chi connectivity index (χ1) is 10.1. The minimum absolute atomic E-state index is 0.110. The van der Waals surface area contributed by atoms with E-state index >= 15 is 0 Å². The monoisotopic (exact) mass is 310 g/mol. The van der Waals surface area contributed by atoms with Gasteiger partial charge in [0.05, 0.1) is 6.04 Å². The molecule has 0 aliphatic rings. The summed E-state index contributed by atoms with van der Waals surface area (Å²) < 4.78 is 0. The smallest absolute Gasteiger partial charge is 0.0513 e. The second-order valence-electron chi connectivity index (χ2n) is 5.81. The van der Waals surface area contributed by atoms with Crippen LogP contribution in [0.4, 0.5) is 0 Å². The molecule has 0 saturated carbocycles. The lowest BCUT2D eigenvalue weighted by atomic mass is 9.94. The molecule has 0 spiro atoms. The van der Waals surface area contributed by atoms with Gasteiger partial charge in [-0.25, -0.2) is 0 Å². The molecule has 1 aromatic carbocycles. The quantitative estimate of drug-likeness (QED) is 0.704. The number of nitrogens with zero attached hydrogens (tertiary/aromatic N) is 1. The van der Waals surface area contributed by atoms with Crippen LogP contribution in [0.15, 0.2) is 24.3 Å². The first-order valence-electron chi connectivity index (χ1n) is 8.32. The first-order valence-corrected chi connectivity index (χ1v) is 8.70. The van der Waals surface area contributed by atoms with Gasteiger partial charge in [-0.2, -0.15) is 0 Å². The minimum Gasteiger partial charge on any atom is -0.326 e. The summed E-state index contributed by atoms with van der Waals surface area (Å²) in [5, 5.41) is 0.828. The summed E-state index contributed by atoms with van der Waals surface area (Å²) in [6.45, 7) is 11.0. The predicted octanol–water partition coefficient (Wildman–Crippen LogP) is 4.88. The van der Waals surface area contributed by atoms with E-state index in [9.17, 15) is 0 Å². The van der Waals surface area contributed by atoms with Crippen molar-refractivity contribution in [2.24, 2.45) is 11.7 Å². The summed E-state index contributed by atoms with van der Waals surface area (Å²) in [5.41, 5.74) is 7.62. The number of halogens is 1. The summed E-state index contributed by atoms with van der Waals surface area (Å²) in [7, 11) is 0. The van der Waals surface area contributed by atoms with Crippen LogP contribution in [0.25, 0.3) is 0 Å². The van der Waals surface area contributed by atoms with Gasteiger partial charge >= 0.3 is 0 Å². The zero-order valence-electron chi connectivity index (χ0n) is 14.0. The average Bonchev–Trinajstić information content (AvgIpc) is 2.52. The molecule has 2 unspecified atom stereocenters. The Morgan fingerprint density at radius 1 is 1.05 bits per heavy atom. The second-order valence-corrected chi connectivity index (χ2v) is 6.22. The van der Waals surface area contributed by atoms with Crippen molar-refractivity contribution < 1.29 is 0 Å². The molecule has 0 amide bonds. The van der Waals surface area contributed by atoms with E-state index in [0.717, 1.165) is 30.5 Å². The summed E-state index contributed by atoms with van der Waals surface area (Å²) in [6, 6.07) is 8.45. The highest BCUT2D eigenvalue weighted by atomic mass is 35.5. The van der Waals surface area contributed by atoms with E-state index in [1.54, 1.807) is 0 Å². The average molecular weight is 311 g/mol. The summed E-state index contributed by atoms with van der Waals surface area (Å²) in [4.78, 5) is 2.51. The Bertz CT molecular complexity index is 404. The molecular formula is C18H31ClN2. The molecule has 0 aromatic heterocycles. The Kier molecular flexibility index (Phi) is 8.31. The lowest BCUT2D eigenvalue weighted by Gasteiger charge is -2.37. The van der Waals surface area contributed by atoms with E-state index in [1.165, 1.54) is 18.4 Å². The number of rotatable bonds is 9. The van der Waals surface area contributed by atoms with Crippen LogP contribution in [-0.2, 0) is 0 Å². The molecule has 0 aliphatic heterocycles. The fraction of sp³-hybridized carbons (Fsp3) is 0.667. The summed E-state index contributed by atoms with van der Waals surface area (Å²) >= 11 is 6.44. The van der Waals surface area contributed by atoms with Crippen molar-refractivity contribution in [2.45, 2.75) is 59.0 Å². The van der Waals surface area contributed by atoms with Gasteiger partial charge in [-0.05, 0) is 30.5 Å². The third-order valence-corrected chi connectivity index (χ3v) is 4.89. The SMILES string of the molecule is CCC(CC)CN(CC)C(c1ccccc1Cl)C(N)CC. The first kappa shape index (κ1) is 18.5. The van der Waals surface area contributed by atoms with Crippen LogP contribution in [0.5, 0.6) is 0 Å². The van der Waals surface area contributed by atoms with Crippen LogP contribution >= 0.6 is 11.6 Å². The lowest BCUT2D eigenvalue weighted by Crippen LogP contribution is -2.43. The van der Waals surface area contributed by atoms with E-state index in [-0.39, 0.29) is 12.1 Å². The van der Waals surface area contributed by atoms with Gasteiger partial charge in [0.15, 0.2) is 0 Å². The van der Waals surface area contributed by atoms with Gasteiger partial charge < -0.3 is 5.73 Å². The maximum absolute atomic E-state index is 6.45. The molecule has 0 fully saturated rings. The number of nitrogens with two attached hydrogens (primary N) is 1. The fourth-order valence-electron chi connectivity index (χ4n) is 2.95. The van der Waals surface area contributed by atoms with Crippen LogP contribution in [0.3, 0.4) is 0 Å². The number of likely N-dealkylation sites (N-methyl/N-ethyl adjacent to an activating group) is 1. The lowest BCUT2D eigenvalue weighted by molar-refractivity contribution is 0.147. The molecule has 21 heavy (non-hydrogen) atoms. The summed E-state index contributed by atoms with van der Waals surface area (Å²) in [6.07, 6.45) is 3.38. The van der Waals surface area contributed by atoms with Crippen molar-refractivity contribution in [2.75, 3.05) is 13.1 Å². The Balaban J connectivity index is 3.08. The fourth-order valence-corrected chi connectivity index (χ4v) is 3.20. The van der Waals surface area contributed by atoms with Crippen molar-refractivity contribution in [3.05, 3.63) is 34.9 Å². The molecule has 0 radical (unpaired) electrons. The molecule has 2 nitrogen and oxygen atoms in total. The van der Waals surface area contributed by atoms with Crippen LogP contribution < -0.4 is 5.73 Å². The third-order valence-electron chi connectivity index (χ3n) is 4.55. The van der Waals surface area contributed by atoms with Gasteiger partial charge in [0.2, 0.25) is 0 Å². The summed E-state index contributed by atoms with van der Waals surface area (Å²) in [5.74, 6) is 0.721. The Morgan fingerprint density at radius 3 is 2.14 bits per heavy atom. The molecule has 1 rings (SSSR count). The van der Waals surface area contributed by atoms with Gasteiger partial charge in [0.1, 0.15) is 0 Å². The predicted molar refractivity (Wildman–Crippen MR) is 93.8 cm³/mol. The van der Waals surface area contributed by atoms with E-state index < -0.39 is 0 Å². The maximum atomic E-state index is 6.45. The number of hydrogen-bond donors (Lipinski definition) is 1. The third kappa shape index (κ3) is 4.98. The molecule has 0 saturated heterocycles. The molecule has 3 heteroatoms. The maximum Gasteiger partial charge on any atom is 0.0513 e. The molecule has 0 aliphatic carbocycles. The number of hydrogen-bond acceptors (Lipinski definition) is 2. The van der Waals surface area contributed by atoms with Gasteiger partial charge in [0.25, 0.3) is 0 Å². The van der Waals surface area contributed by atoms with Crippen LogP contribution in [-0.4, -0.2) is 24.0 Å². The Morgan fingerprint density at radius 2 is 1.67 bits per heavy atom. The molecule has 120 valence electrons. The molecule has 2 N–H and O–H groups in total. The standard InChI is InChI=1S/C18H31ClN2/c1-5-14(6-2)13-21(8-4)18(17(20)7-3)15-11-9-10-12-16(15)19/h9-12,14,17-18H,5-8,13,20H2,1-4H3. The second kappa shape index (κ2) is 9.45. The van der Waals surface area contributed by atoms with Crippen LogP contribution in [0.1, 0.15) is 58.6 Å². The zero-order valence-corrected chi connectivity index (χ0v) is 14.7. The molecule has 0 bridgehead atoms. The van der Waals surface area contributed by atoms with E-state index in [4.69, 9.17) is 17.3 Å². The molecule has 2 atom stereocenters. The Hall–Kier alpha value is -0.570. The normalized spacial score (nSPS) is 14.7. The molecule has 1 aromatic rings. The van der Waals surface area contributed by atoms with Crippen molar-refractivity contribution in [1.82, 2.24) is 4.90 Å². The van der Waals surface area contributed by atoms with Crippen molar-refractivity contribution in [1.29, 1.82) is 0 Å². The van der Waals surface area contributed by atoms with Gasteiger partial charge in [-0.1, -0.05) is 70.3 Å². The largest absolute Gasteiger partial charge is 0.326 e. The van der Waals surface area contributed by atoms with E-state index in [2.05, 4.69) is 44.7 Å². The van der Waals surface area contributed by atoms with Crippen molar-refractivity contribution in [3.63, 3.8) is 0 Å². The van der Waals surface area contributed by atoms with Crippen LogP contribution in [0.2, 0.25) is 5.02 Å². The zero-order chi connectivity index (χ0) is 15.8. The van der Waals surface area contributed by atoms with Crippen molar-refractivity contribution >= 4 is 11.6 Å². The van der Waals surface area contributed by atoms with Crippen molar-refractivity contribution in [3.8, 4) is 0 Å². The highest BCUT2D eigenvalue weighted by Gasteiger charge is 2.27. The topological polar surface area (TPSA) is 29.3 Å². The van der Waals surface area contributed by atoms with Gasteiger partial charge in [-0.3, -0.25) is 4.90 Å². The highest BCUT2D eigenvalue weighted by Crippen LogP contribution is 2.31. The Labute approximate surface area is 135 Å². The number of benzene rings is 1. The minimum atomic E-state index is 0.110.